The van der Waals surface area contributed by atoms with Gasteiger partial charge in [0.1, 0.15) is 0 Å². The summed E-state index contributed by atoms with van der Waals surface area (Å²) in [4.78, 5) is 19.1. The van der Waals surface area contributed by atoms with Crippen LogP contribution >= 0.6 is 0 Å². The number of nitrogens with one attached hydrogen (secondary N) is 1. The summed E-state index contributed by atoms with van der Waals surface area (Å²) in [7, 11) is 0. The zero-order valence-electron chi connectivity index (χ0n) is 12.2. The van der Waals surface area contributed by atoms with Gasteiger partial charge in [-0.05, 0) is 44.7 Å². The van der Waals surface area contributed by atoms with Crippen LogP contribution in [0.1, 0.15) is 38.6 Å². The molecule has 3 rings (SSSR count). The SMILES string of the molecule is CCNCC1CCCN(c2nccn(C3CC3)c2=O)C1. The van der Waals surface area contributed by atoms with E-state index in [1.165, 1.54) is 6.42 Å². The van der Waals surface area contributed by atoms with Gasteiger partial charge in [0.2, 0.25) is 0 Å². The summed E-state index contributed by atoms with van der Waals surface area (Å²) < 4.78 is 1.87. The van der Waals surface area contributed by atoms with E-state index in [-0.39, 0.29) is 5.56 Å². The Morgan fingerprint density at radius 3 is 3.00 bits per heavy atom. The first-order valence-electron chi connectivity index (χ1n) is 7.82. The summed E-state index contributed by atoms with van der Waals surface area (Å²) in [5.41, 5.74) is 0.0964. The van der Waals surface area contributed by atoms with Crippen LogP contribution in [0.4, 0.5) is 5.82 Å². The van der Waals surface area contributed by atoms with Crippen molar-refractivity contribution in [3.05, 3.63) is 22.7 Å². The van der Waals surface area contributed by atoms with Crippen LogP contribution in [0.5, 0.6) is 0 Å². The minimum atomic E-state index is 0.0964. The molecule has 0 spiro atoms. The molecule has 1 N–H and O–H groups in total. The molecule has 2 fully saturated rings. The van der Waals surface area contributed by atoms with E-state index in [0.29, 0.717) is 17.8 Å². The van der Waals surface area contributed by atoms with E-state index in [1.54, 1.807) is 6.20 Å². The van der Waals surface area contributed by atoms with Gasteiger partial charge < -0.3 is 14.8 Å². The van der Waals surface area contributed by atoms with Crippen molar-refractivity contribution in [2.24, 2.45) is 5.92 Å². The lowest BCUT2D eigenvalue weighted by Crippen LogP contribution is -2.43. The van der Waals surface area contributed by atoms with E-state index in [2.05, 4.69) is 22.1 Å². The lowest BCUT2D eigenvalue weighted by atomic mass is 9.98. The first kappa shape index (κ1) is 13.6. The second kappa shape index (κ2) is 5.95. The molecule has 0 amide bonds. The lowest BCUT2D eigenvalue weighted by molar-refractivity contribution is 0.393. The van der Waals surface area contributed by atoms with Gasteiger partial charge in [0.25, 0.3) is 5.56 Å². The number of rotatable bonds is 5. The number of hydrogen-bond donors (Lipinski definition) is 1. The van der Waals surface area contributed by atoms with Gasteiger partial charge in [-0.3, -0.25) is 4.79 Å². The molecular formula is C15H24N4O. The predicted molar refractivity (Wildman–Crippen MR) is 80.2 cm³/mol. The molecule has 1 saturated carbocycles. The molecule has 0 radical (unpaired) electrons. The Bertz CT molecular complexity index is 509. The summed E-state index contributed by atoms with van der Waals surface area (Å²) in [6.07, 6.45) is 8.27. The van der Waals surface area contributed by atoms with Gasteiger partial charge in [0, 0.05) is 31.5 Å². The van der Waals surface area contributed by atoms with Crippen LogP contribution in [0.3, 0.4) is 0 Å². The molecule has 1 aliphatic carbocycles. The summed E-state index contributed by atoms with van der Waals surface area (Å²) >= 11 is 0. The van der Waals surface area contributed by atoms with Gasteiger partial charge in [-0.1, -0.05) is 6.92 Å². The minimum Gasteiger partial charge on any atom is -0.352 e. The first-order valence-corrected chi connectivity index (χ1v) is 7.82. The normalized spacial score (nSPS) is 23.1. The molecule has 1 aliphatic heterocycles. The van der Waals surface area contributed by atoms with Gasteiger partial charge in [-0.15, -0.1) is 0 Å². The molecule has 1 aromatic rings. The zero-order chi connectivity index (χ0) is 13.9. The third-order valence-electron chi connectivity index (χ3n) is 4.29. The lowest BCUT2D eigenvalue weighted by Gasteiger charge is -2.33. The fourth-order valence-electron chi connectivity index (χ4n) is 3.04. The van der Waals surface area contributed by atoms with Crippen molar-refractivity contribution in [2.75, 3.05) is 31.1 Å². The monoisotopic (exact) mass is 276 g/mol. The highest BCUT2D eigenvalue weighted by molar-refractivity contribution is 5.36. The quantitative estimate of drug-likeness (QED) is 0.883. The maximum absolute atomic E-state index is 12.5. The fourth-order valence-corrected chi connectivity index (χ4v) is 3.04. The number of hydrogen-bond acceptors (Lipinski definition) is 4. The molecule has 1 unspecified atom stereocenters. The van der Waals surface area contributed by atoms with E-state index in [4.69, 9.17) is 0 Å². The Kier molecular flexibility index (Phi) is 4.05. The van der Waals surface area contributed by atoms with Gasteiger partial charge >= 0.3 is 0 Å². The zero-order valence-corrected chi connectivity index (χ0v) is 12.2. The van der Waals surface area contributed by atoms with Crippen LogP contribution in [0.15, 0.2) is 17.2 Å². The number of piperidine rings is 1. The van der Waals surface area contributed by atoms with Gasteiger partial charge in [0.05, 0.1) is 0 Å². The van der Waals surface area contributed by atoms with E-state index in [9.17, 15) is 4.79 Å². The van der Waals surface area contributed by atoms with Crippen molar-refractivity contribution in [1.29, 1.82) is 0 Å². The van der Waals surface area contributed by atoms with Crippen LogP contribution in [-0.2, 0) is 0 Å². The van der Waals surface area contributed by atoms with Crippen molar-refractivity contribution in [2.45, 2.75) is 38.6 Å². The second-order valence-corrected chi connectivity index (χ2v) is 5.96. The maximum atomic E-state index is 12.5. The summed E-state index contributed by atoms with van der Waals surface area (Å²) in [6.45, 7) is 6.09. The highest BCUT2D eigenvalue weighted by Crippen LogP contribution is 2.33. The third-order valence-corrected chi connectivity index (χ3v) is 4.29. The molecule has 1 atom stereocenters. The van der Waals surface area contributed by atoms with Crippen molar-refractivity contribution >= 4 is 5.82 Å². The Morgan fingerprint density at radius 1 is 1.40 bits per heavy atom. The molecule has 20 heavy (non-hydrogen) atoms. The Morgan fingerprint density at radius 2 is 2.25 bits per heavy atom. The maximum Gasteiger partial charge on any atom is 0.293 e. The van der Waals surface area contributed by atoms with Crippen LogP contribution < -0.4 is 15.8 Å². The molecule has 1 saturated heterocycles. The van der Waals surface area contributed by atoms with Crippen molar-refractivity contribution in [3.8, 4) is 0 Å². The first-order chi connectivity index (χ1) is 9.79. The van der Waals surface area contributed by atoms with Crippen LogP contribution in [0.25, 0.3) is 0 Å². The summed E-state index contributed by atoms with van der Waals surface area (Å²) in [5.74, 6) is 1.28. The molecule has 0 bridgehead atoms. The molecule has 5 nitrogen and oxygen atoms in total. The second-order valence-electron chi connectivity index (χ2n) is 5.96. The molecule has 2 aliphatic rings. The van der Waals surface area contributed by atoms with Crippen molar-refractivity contribution in [1.82, 2.24) is 14.9 Å². The molecule has 1 aromatic heterocycles. The van der Waals surface area contributed by atoms with Gasteiger partial charge in [-0.2, -0.15) is 0 Å². The van der Waals surface area contributed by atoms with E-state index in [1.807, 2.05) is 10.8 Å². The third kappa shape index (κ3) is 2.87. The van der Waals surface area contributed by atoms with Gasteiger partial charge in [0.15, 0.2) is 5.82 Å². The molecule has 0 aromatic carbocycles. The van der Waals surface area contributed by atoms with E-state index in [0.717, 1.165) is 45.4 Å². The number of anilines is 1. The van der Waals surface area contributed by atoms with Crippen LogP contribution in [-0.4, -0.2) is 35.7 Å². The smallest absolute Gasteiger partial charge is 0.293 e. The largest absolute Gasteiger partial charge is 0.352 e. The summed E-state index contributed by atoms with van der Waals surface area (Å²) in [5, 5.41) is 3.41. The minimum absolute atomic E-state index is 0.0964. The highest BCUT2D eigenvalue weighted by atomic mass is 16.1. The molecule has 110 valence electrons. The average molecular weight is 276 g/mol. The standard InChI is InChI=1S/C15H24N4O/c1-2-16-10-12-4-3-8-18(11-12)14-15(20)19(9-7-17-14)13-5-6-13/h7,9,12-13,16H,2-6,8,10-11H2,1H3. The van der Waals surface area contributed by atoms with Gasteiger partial charge in [-0.25, -0.2) is 4.98 Å². The predicted octanol–water partition coefficient (Wildman–Crippen LogP) is 1.40. The van der Waals surface area contributed by atoms with E-state index < -0.39 is 0 Å². The fraction of sp³-hybridized carbons (Fsp3) is 0.733. The topological polar surface area (TPSA) is 50.2 Å². The number of aromatic nitrogens is 2. The Hall–Kier alpha value is -1.36. The average Bonchev–Trinajstić information content (AvgIpc) is 3.30. The van der Waals surface area contributed by atoms with Crippen LogP contribution in [0.2, 0.25) is 0 Å². The number of nitrogens with zero attached hydrogens (tertiary/aromatic N) is 3. The van der Waals surface area contributed by atoms with Crippen LogP contribution in [0, 0.1) is 5.92 Å². The molecule has 2 heterocycles. The van der Waals surface area contributed by atoms with Crippen molar-refractivity contribution < 1.29 is 0 Å². The Labute approximate surface area is 120 Å². The highest BCUT2D eigenvalue weighted by Gasteiger charge is 2.28. The molecule has 5 heteroatoms. The Balaban J connectivity index is 1.75. The molecular weight excluding hydrogens is 252 g/mol. The van der Waals surface area contributed by atoms with E-state index >= 15 is 0 Å². The van der Waals surface area contributed by atoms with Crippen molar-refractivity contribution in [3.63, 3.8) is 0 Å². The summed E-state index contributed by atoms with van der Waals surface area (Å²) in [6, 6.07) is 0.423.